The number of aryl methyl sites for hydroxylation is 1. The van der Waals surface area contributed by atoms with Gasteiger partial charge in [0.05, 0.1) is 0 Å². The van der Waals surface area contributed by atoms with E-state index in [0.717, 1.165) is 13.1 Å². The van der Waals surface area contributed by atoms with E-state index in [9.17, 15) is 0 Å². The molecule has 0 spiro atoms. The van der Waals surface area contributed by atoms with Crippen LogP contribution in [0, 0.1) is 12.8 Å². The number of thiophene rings is 1. The predicted octanol–water partition coefficient (Wildman–Crippen LogP) is 2.54. The second-order valence-electron chi connectivity index (χ2n) is 3.54. The molecule has 1 unspecified atom stereocenters. The van der Waals surface area contributed by atoms with E-state index in [1.807, 2.05) is 6.92 Å². The molecule has 1 heterocycles. The third-order valence-electron chi connectivity index (χ3n) is 2.01. The highest BCUT2D eigenvalue weighted by molar-refractivity contribution is 9.10. The van der Waals surface area contributed by atoms with Crippen molar-refractivity contribution in [1.29, 1.82) is 0 Å². The lowest BCUT2D eigenvalue weighted by Gasteiger charge is -2.07. The highest BCUT2D eigenvalue weighted by Crippen LogP contribution is 2.25. The van der Waals surface area contributed by atoms with Crippen molar-refractivity contribution in [2.24, 2.45) is 5.92 Å². The average molecular weight is 278 g/mol. The quantitative estimate of drug-likeness (QED) is 0.867. The Hall–Kier alpha value is 0.100. The van der Waals surface area contributed by atoms with Crippen molar-refractivity contribution < 1.29 is 5.11 Å². The monoisotopic (exact) mass is 277 g/mol. The number of rotatable bonds is 5. The summed E-state index contributed by atoms with van der Waals surface area (Å²) < 4.78 is 1.19. The zero-order valence-corrected chi connectivity index (χ0v) is 10.9. The summed E-state index contributed by atoms with van der Waals surface area (Å²) in [4.78, 5) is 2.65. The van der Waals surface area contributed by atoms with Crippen LogP contribution in [0.1, 0.15) is 16.7 Å². The molecule has 1 aromatic heterocycles. The molecule has 0 bridgehead atoms. The third kappa shape index (κ3) is 3.69. The zero-order valence-electron chi connectivity index (χ0n) is 8.51. The molecule has 1 rings (SSSR count). The molecule has 0 radical (unpaired) electrons. The second kappa shape index (κ2) is 5.85. The Bertz CT molecular complexity index is 268. The van der Waals surface area contributed by atoms with Crippen LogP contribution < -0.4 is 5.32 Å². The second-order valence-corrected chi connectivity index (χ2v) is 5.73. The number of halogens is 1. The summed E-state index contributed by atoms with van der Waals surface area (Å²) in [6, 6.07) is 2.15. The van der Waals surface area contributed by atoms with E-state index in [0.29, 0.717) is 5.92 Å². The van der Waals surface area contributed by atoms with E-state index in [1.165, 1.54) is 14.2 Å². The van der Waals surface area contributed by atoms with Gasteiger partial charge in [-0.2, -0.15) is 0 Å². The lowest BCUT2D eigenvalue weighted by molar-refractivity contribution is 0.233. The molecule has 0 aromatic carbocycles. The van der Waals surface area contributed by atoms with Gasteiger partial charge in [-0.05, 0) is 34.8 Å². The number of hydrogen-bond donors (Lipinski definition) is 2. The number of nitrogens with one attached hydrogen (secondary N) is 1. The Morgan fingerprint density at radius 3 is 2.86 bits per heavy atom. The molecule has 14 heavy (non-hydrogen) atoms. The summed E-state index contributed by atoms with van der Waals surface area (Å²) in [5.41, 5.74) is 0. The van der Waals surface area contributed by atoms with Gasteiger partial charge in [-0.25, -0.2) is 0 Å². The van der Waals surface area contributed by atoms with Crippen LogP contribution in [-0.4, -0.2) is 18.3 Å². The lowest BCUT2D eigenvalue weighted by atomic mass is 10.2. The zero-order chi connectivity index (χ0) is 10.6. The topological polar surface area (TPSA) is 32.3 Å². The molecule has 1 aromatic rings. The molecule has 0 saturated carbocycles. The fourth-order valence-electron chi connectivity index (χ4n) is 1.11. The predicted molar refractivity (Wildman–Crippen MR) is 64.7 cm³/mol. The minimum absolute atomic E-state index is 0.250. The molecule has 80 valence electrons. The Morgan fingerprint density at radius 1 is 1.64 bits per heavy atom. The first-order chi connectivity index (χ1) is 6.63. The summed E-state index contributed by atoms with van der Waals surface area (Å²) in [6.07, 6.45) is 0. The first-order valence-electron chi connectivity index (χ1n) is 4.70. The molecule has 2 N–H and O–H groups in total. The fourth-order valence-corrected chi connectivity index (χ4v) is 2.68. The van der Waals surface area contributed by atoms with Gasteiger partial charge in [0.2, 0.25) is 0 Å². The smallest absolute Gasteiger partial charge is 0.0468 e. The average Bonchev–Trinajstić information content (AvgIpc) is 2.46. The number of hydrogen-bond acceptors (Lipinski definition) is 3. The summed E-state index contributed by atoms with van der Waals surface area (Å²) in [5.74, 6) is 0.333. The van der Waals surface area contributed by atoms with Gasteiger partial charge in [0, 0.05) is 33.9 Å². The maximum Gasteiger partial charge on any atom is 0.0468 e. The van der Waals surface area contributed by atoms with Gasteiger partial charge in [-0.1, -0.05) is 6.92 Å². The first kappa shape index (κ1) is 12.2. The highest BCUT2D eigenvalue weighted by atomic mass is 79.9. The van der Waals surface area contributed by atoms with Crippen LogP contribution in [0.15, 0.2) is 10.5 Å². The van der Waals surface area contributed by atoms with Crippen LogP contribution in [0.2, 0.25) is 0 Å². The van der Waals surface area contributed by atoms with E-state index in [1.54, 1.807) is 11.3 Å². The molecular formula is C10H16BrNOS. The van der Waals surface area contributed by atoms with Crippen molar-refractivity contribution in [3.05, 3.63) is 20.3 Å². The van der Waals surface area contributed by atoms with Gasteiger partial charge < -0.3 is 10.4 Å². The van der Waals surface area contributed by atoms with Gasteiger partial charge in [0.15, 0.2) is 0 Å². The minimum Gasteiger partial charge on any atom is -0.396 e. The maximum atomic E-state index is 8.84. The lowest BCUT2D eigenvalue weighted by Crippen LogP contribution is -2.22. The Balaban J connectivity index is 2.31. The maximum absolute atomic E-state index is 8.84. The minimum atomic E-state index is 0.250. The highest BCUT2D eigenvalue weighted by Gasteiger charge is 2.03. The number of aliphatic hydroxyl groups is 1. The van der Waals surface area contributed by atoms with Crippen LogP contribution in [0.5, 0.6) is 0 Å². The molecule has 0 aliphatic heterocycles. The van der Waals surface area contributed by atoms with Crippen LogP contribution >= 0.6 is 27.3 Å². The van der Waals surface area contributed by atoms with Gasteiger partial charge in [-0.15, -0.1) is 11.3 Å². The van der Waals surface area contributed by atoms with Gasteiger partial charge in [0.1, 0.15) is 0 Å². The normalized spacial score (nSPS) is 13.1. The van der Waals surface area contributed by atoms with E-state index >= 15 is 0 Å². The molecule has 0 fully saturated rings. The molecule has 1 atom stereocenters. The van der Waals surface area contributed by atoms with Crippen molar-refractivity contribution in [1.82, 2.24) is 5.32 Å². The third-order valence-corrected chi connectivity index (χ3v) is 4.15. The van der Waals surface area contributed by atoms with Crippen molar-refractivity contribution in [3.8, 4) is 0 Å². The van der Waals surface area contributed by atoms with Crippen LogP contribution in [0.3, 0.4) is 0 Å². The standard InChI is InChI=1S/C10H16BrNOS/c1-7(6-13)4-12-5-9-3-10(11)8(2)14-9/h3,7,12-13H,4-6H2,1-2H3. The Labute approximate surface area is 97.5 Å². The molecule has 0 aliphatic carbocycles. The van der Waals surface area contributed by atoms with E-state index < -0.39 is 0 Å². The fraction of sp³-hybridized carbons (Fsp3) is 0.600. The SMILES string of the molecule is Cc1sc(CNCC(C)CO)cc1Br. The number of aliphatic hydroxyl groups excluding tert-OH is 1. The van der Waals surface area contributed by atoms with Gasteiger partial charge >= 0.3 is 0 Å². The Morgan fingerprint density at radius 2 is 2.36 bits per heavy atom. The van der Waals surface area contributed by atoms with Crippen LogP contribution in [-0.2, 0) is 6.54 Å². The molecule has 0 aliphatic rings. The van der Waals surface area contributed by atoms with Crippen molar-refractivity contribution in [2.45, 2.75) is 20.4 Å². The molecule has 0 amide bonds. The van der Waals surface area contributed by atoms with Crippen molar-refractivity contribution in [3.63, 3.8) is 0 Å². The Kier molecular flexibility index (Phi) is 5.09. The van der Waals surface area contributed by atoms with E-state index in [-0.39, 0.29) is 6.61 Å². The first-order valence-corrected chi connectivity index (χ1v) is 6.30. The molecule has 4 heteroatoms. The van der Waals surface area contributed by atoms with Crippen LogP contribution in [0.4, 0.5) is 0 Å². The van der Waals surface area contributed by atoms with E-state index in [2.05, 4.69) is 34.2 Å². The largest absolute Gasteiger partial charge is 0.396 e. The molecule has 2 nitrogen and oxygen atoms in total. The summed E-state index contributed by atoms with van der Waals surface area (Å²) in [5, 5.41) is 12.2. The van der Waals surface area contributed by atoms with Crippen LogP contribution in [0.25, 0.3) is 0 Å². The summed E-state index contributed by atoms with van der Waals surface area (Å²) >= 11 is 5.29. The van der Waals surface area contributed by atoms with E-state index in [4.69, 9.17) is 5.11 Å². The van der Waals surface area contributed by atoms with Crippen molar-refractivity contribution in [2.75, 3.05) is 13.2 Å². The molecular weight excluding hydrogens is 262 g/mol. The van der Waals surface area contributed by atoms with Gasteiger partial charge in [0.25, 0.3) is 0 Å². The molecule has 0 saturated heterocycles. The van der Waals surface area contributed by atoms with Crippen molar-refractivity contribution >= 4 is 27.3 Å². The summed E-state index contributed by atoms with van der Waals surface area (Å²) in [7, 11) is 0. The summed E-state index contributed by atoms with van der Waals surface area (Å²) in [6.45, 7) is 6.14. The van der Waals surface area contributed by atoms with Gasteiger partial charge in [-0.3, -0.25) is 0 Å².